The highest BCUT2D eigenvalue weighted by Crippen LogP contribution is 2.43. The van der Waals surface area contributed by atoms with Crippen LogP contribution >= 0.6 is 15.6 Å². The summed E-state index contributed by atoms with van der Waals surface area (Å²) in [6.45, 7) is 7.42. The quantitative estimate of drug-likeness (QED) is 0.0117. The maximum atomic E-state index is 12.8. The second-order valence-electron chi connectivity index (χ2n) is 22.9. The van der Waals surface area contributed by atoms with Gasteiger partial charge in [-0.05, 0) is 51.4 Å². The first-order valence-corrected chi connectivity index (χ1v) is 36.2. The summed E-state index contributed by atoms with van der Waals surface area (Å²) in [6, 6.07) is -1.35. The van der Waals surface area contributed by atoms with Crippen LogP contribution in [0.15, 0.2) is 0 Å². The number of nitrogens with one attached hydrogen (secondary N) is 4. The number of hydrogen-bond acceptors (Lipinski definition) is 16. The molecule has 0 rings (SSSR count). The fraction of sp³-hybridized carbons (Fsp3) is 0.967. The molecule has 0 aromatic carbocycles. The van der Waals surface area contributed by atoms with Gasteiger partial charge in [0.1, 0.15) is 18.9 Å². The van der Waals surface area contributed by atoms with Crippen LogP contribution in [-0.2, 0) is 46.3 Å². The van der Waals surface area contributed by atoms with Gasteiger partial charge in [0.15, 0.2) is 0 Å². The minimum absolute atomic E-state index is 0.0439. The second kappa shape index (κ2) is 58.5. The monoisotopic (exact) mass is 1230 g/mol. The number of aliphatic hydroxyl groups excluding tert-OH is 4. The third-order valence-corrected chi connectivity index (χ3v) is 16.7. The van der Waals surface area contributed by atoms with E-state index in [0.717, 1.165) is 89.9 Å². The molecule has 8 atom stereocenters. The zero-order chi connectivity index (χ0) is 61.3. The molecule has 10 N–H and O–H groups in total. The van der Waals surface area contributed by atoms with E-state index in [1.54, 1.807) is 0 Å². The summed E-state index contributed by atoms with van der Waals surface area (Å²) in [6.07, 6.45) is 36.8. The number of carbonyl (C=O) groups excluding carboxylic acids is 2. The minimum atomic E-state index is -4.62. The minimum Gasteiger partial charge on any atom is -0.393 e. The van der Waals surface area contributed by atoms with Gasteiger partial charge in [-0.3, -0.25) is 38.3 Å². The molecule has 0 aromatic rings. The van der Waals surface area contributed by atoms with Crippen LogP contribution in [0.5, 0.6) is 0 Å². The molecule has 0 radical (unpaired) electrons. The summed E-state index contributed by atoms with van der Waals surface area (Å²) < 4.78 is 58.0. The number of unbranched alkanes of at least 4 members (excludes halogenated alkanes) is 28. The Hall–Kier alpha value is -1.16. The highest BCUT2D eigenvalue weighted by Gasteiger charge is 2.27. The lowest BCUT2D eigenvalue weighted by molar-refractivity contribution is -0.129. The number of ether oxygens (including phenoxy) is 2. The molecule has 0 spiro atoms. The van der Waals surface area contributed by atoms with Crippen molar-refractivity contribution in [3.8, 4) is 0 Å². The molecule has 0 aliphatic heterocycles. The van der Waals surface area contributed by atoms with Gasteiger partial charge in [-0.1, -0.05) is 220 Å². The molecule has 0 saturated heterocycles. The average molecular weight is 1230 g/mol. The SMILES string of the molecule is CCCCCCCCCCCCCC(O)N[C@@H](COCC[C@H](O)CCCCCCC)COP(=O)(O)OCCNC(=O)CC(=O)NCCOP(=O)(O)OC[C@H](COCC[C@H](O)CCCCCCC)NC(O)CCCCCCCCCCCCC. The fourth-order valence-electron chi connectivity index (χ4n) is 9.57. The smallest absolute Gasteiger partial charge is 0.393 e. The number of hydrogen-bond donors (Lipinski definition) is 10. The largest absolute Gasteiger partial charge is 0.472 e. The maximum absolute atomic E-state index is 12.8. The van der Waals surface area contributed by atoms with Crippen molar-refractivity contribution in [3.05, 3.63) is 0 Å². The van der Waals surface area contributed by atoms with E-state index >= 15 is 0 Å². The lowest BCUT2D eigenvalue weighted by Crippen LogP contribution is -2.44. The van der Waals surface area contributed by atoms with Gasteiger partial charge >= 0.3 is 15.6 Å². The molecule has 0 saturated carbocycles. The summed E-state index contributed by atoms with van der Waals surface area (Å²) >= 11 is 0. The molecule has 2 amide bonds. The molecule has 4 unspecified atom stereocenters. The van der Waals surface area contributed by atoms with Gasteiger partial charge in [-0.25, -0.2) is 9.13 Å². The van der Waals surface area contributed by atoms with Crippen LogP contribution in [0.4, 0.5) is 0 Å². The Bertz CT molecular complexity index is 1440. The summed E-state index contributed by atoms with van der Waals surface area (Å²) in [5.74, 6) is -1.43. The van der Waals surface area contributed by atoms with E-state index in [9.17, 15) is 48.9 Å². The van der Waals surface area contributed by atoms with Crippen LogP contribution < -0.4 is 21.3 Å². The lowest BCUT2D eigenvalue weighted by Gasteiger charge is -2.24. The van der Waals surface area contributed by atoms with E-state index in [4.69, 9.17) is 27.6 Å². The van der Waals surface area contributed by atoms with E-state index in [-0.39, 0.29) is 52.7 Å². The molecule has 0 bridgehead atoms. The first-order chi connectivity index (χ1) is 40.1. The Morgan fingerprint density at radius 1 is 0.361 bits per heavy atom. The molecule has 0 aliphatic rings. The normalized spacial score (nSPS) is 15.5. The van der Waals surface area contributed by atoms with E-state index in [0.29, 0.717) is 38.5 Å². The van der Waals surface area contributed by atoms with Crippen LogP contribution in [-0.4, -0.2) is 145 Å². The first-order valence-electron chi connectivity index (χ1n) is 33.2. The van der Waals surface area contributed by atoms with Crippen molar-refractivity contribution in [3.63, 3.8) is 0 Å². The number of carbonyl (C=O) groups is 2. The van der Waals surface area contributed by atoms with Crippen LogP contribution in [0.1, 0.15) is 278 Å². The van der Waals surface area contributed by atoms with Crippen LogP contribution in [0.3, 0.4) is 0 Å². The molecular weight excluding hydrogens is 1110 g/mol. The molecule has 0 aliphatic carbocycles. The second-order valence-corrected chi connectivity index (χ2v) is 25.8. The Labute approximate surface area is 504 Å². The van der Waals surface area contributed by atoms with E-state index in [2.05, 4.69) is 49.0 Å². The number of phosphoric ester groups is 2. The van der Waals surface area contributed by atoms with Gasteiger partial charge in [-0.2, -0.15) is 0 Å². The number of phosphoric acid groups is 2. The Kier molecular flexibility index (Phi) is 57.7. The van der Waals surface area contributed by atoms with Crippen molar-refractivity contribution >= 4 is 27.5 Å². The number of amides is 2. The van der Waals surface area contributed by atoms with Crippen LogP contribution in [0.25, 0.3) is 0 Å². The van der Waals surface area contributed by atoms with Gasteiger partial charge in [0, 0.05) is 26.3 Å². The molecule has 0 aromatic heterocycles. The lowest BCUT2D eigenvalue weighted by atomic mass is 10.0. The van der Waals surface area contributed by atoms with Crippen molar-refractivity contribution in [2.45, 2.75) is 315 Å². The Morgan fingerprint density at radius 2 is 0.639 bits per heavy atom. The predicted octanol–water partition coefficient (Wildman–Crippen LogP) is 12.1. The molecule has 496 valence electrons. The van der Waals surface area contributed by atoms with Crippen molar-refractivity contribution < 1.29 is 76.5 Å². The summed E-state index contributed by atoms with van der Waals surface area (Å²) in [5, 5.41) is 53.4. The molecule has 83 heavy (non-hydrogen) atoms. The third-order valence-electron chi connectivity index (χ3n) is 14.7. The molecule has 0 heterocycles. The van der Waals surface area contributed by atoms with Gasteiger partial charge in [0.2, 0.25) is 11.8 Å². The third kappa shape index (κ3) is 58.3. The molecule has 0 fully saturated rings. The Balaban J connectivity index is 4.89. The summed E-state index contributed by atoms with van der Waals surface area (Å²) in [4.78, 5) is 45.9. The predicted molar refractivity (Wildman–Crippen MR) is 332 cm³/mol. The van der Waals surface area contributed by atoms with E-state index in [1.807, 2.05) is 0 Å². The van der Waals surface area contributed by atoms with Crippen molar-refractivity contribution in [2.24, 2.45) is 0 Å². The fourth-order valence-corrected chi connectivity index (χ4v) is 11.1. The van der Waals surface area contributed by atoms with E-state index in [1.165, 1.54) is 116 Å². The topological polar surface area (TPSA) is 293 Å². The zero-order valence-electron chi connectivity index (χ0n) is 52.8. The molecule has 20 nitrogen and oxygen atoms in total. The Morgan fingerprint density at radius 3 is 0.940 bits per heavy atom. The van der Waals surface area contributed by atoms with Crippen molar-refractivity contribution in [2.75, 3.05) is 65.9 Å². The summed E-state index contributed by atoms with van der Waals surface area (Å²) in [5.41, 5.74) is 0. The standard InChI is InChI=1S/C61H126N4O16P2/c1-5-9-13-17-19-21-23-25-27-31-35-39-58(68)64-54(50-76-45-41-56(66)37-33-29-15-11-7-3)52-80-82(72,73)78-47-43-62-60(70)49-61(71)63-44-48-79-83(74,75)81-53-55(51-77-46-42-57(67)38-34-30-16-12-8-4)65-59(69)40-36-32-28-26-24-22-20-18-14-10-6-2/h54-59,64-69H,5-53H2,1-4H3,(H,62,70)(H,63,71)(H,72,73)(H,74,75)/t54-,55-,56+,57+,58?,59?/m0/s1. The van der Waals surface area contributed by atoms with Crippen molar-refractivity contribution in [1.29, 1.82) is 0 Å². The van der Waals surface area contributed by atoms with Gasteiger partial charge in [0.05, 0.1) is 63.9 Å². The number of aliphatic hydroxyl groups is 4. The maximum Gasteiger partial charge on any atom is 0.472 e. The zero-order valence-corrected chi connectivity index (χ0v) is 54.6. The van der Waals surface area contributed by atoms with Crippen LogP contribution in [0.2, 0.25) is 0 Å². The summed E-state index contributed by atoms with van der Waals surface area (Å²) in [7, 11) is -9.25. The molecular formula is C61H126N4O16P2. The highest BCUT2D eigenvalue weighted by molar-refractivity contribution is 7.47. The van der Waals surface area contributed by atoms with Crippen LogP contribution in [0, 0.1) is 0 Å². The van der Waals surface area contributed by atoms with E-state index < -0.39 is 83.8 Å². The van der Waals surface area contributed by atoms with Crippen molar-refractivity contribution in [1.82, 2.24) is 21.3 Å². The highest BCUT2D eigenvalue weighted by atomic mass is 31.2. The molecule has 22 heteroatoms. The van der Waals surface area contributed by atoms with Gasteiger partial charge in [0.25, 0.3) is 0 Å². The first kappa shape index (κ1) is 81.8. The average Bonchev–Trinajstić information content (AvgIpc) is 3.48. The van der Waals surface area contributed by atoms with Gasteiger partial charge < -0.3 is 50.3 Å². The number of rotatable bonds is 66. The van der Waals surface area contributed by atoms with Gasteiger partial charge in [-0.15, -0.1) is 0 Å².